The maximum absolute atomic E-state index is 5.94. The van der Waals surface area contributed by atoms with E-state index < -0.39 is 0 Å². The highest BCUT2D eigenvalue weighted by atomic mass is 32.2. The summed E-state index contributed by atoms with van der Waals surface area (Å²) in [6, 6.07) is 0. The molecule has 0 spiro atoms. The molecule has 2 N–H and O–H groups in total. The Balaban J connectivity index is 1.91. The smallest absolute Gasteiger partial charge is 0.141 e. The number of nitrogens with zero attached hydrogens (tertiary/aromatic N) is 4. The van der Waals surface area contributed by atoms with Crippen LogP contribution in [0.4, 0.5) is 0 Å². The standard InChI is InChI=1S/C14H27N5S/c1-12(2)8-19-13(16-11-17-19)9-18-6-4-14(10-15,20-3)5-7-18/h11-12H,4-10,15H2,1-3H3. The zero-order valence-corrected chi connectivity index (χ0v) is 13.7. The van der Waals surface area contributed by atoms with Crippen molar-refractivity contribution in [2.75, 3.05) is 25.9 Å². The minimum atomic E-state index is 0.294. The molecule has 0 bridgehead atoms. The summed E-state index contributed by atoms with van der Waals surface area (Å²) in [7, 11) is 0. The summed E-state index contributed by atoms with van der Waals surface area (Å²) >= 11 is 1.93. The maximum atomic E-state index is 5.94. The number of hydrogen-bond donors (Lipinski definition) is 1. The van der Waals surface area contributed by atoms with E-state index in [1.54, 1.807) is 6.33 Å². The molecule has 2 heterocycles. The molecule has 0 atom stereocenters. The SMILES string of the molecule is CSC1(CN)CCN(Cc2ncnn2CC(C)C)CC1. The topological polar surface area (TPSA) is 60.0 Å². The molecule has 2 rings (SSSR count). The van der Waals surface area contributed by atoms with Gasteiger partial charge in [-0.3, -0.25) is 4.90 Å². The third-order valence-electron chi connectivity index (χ3n) is 4.17. The second-order valence-electron chi connectivity index (χ2n) is 6.12. The van der Waals surface area contributed by atoms with Gasteiger partial charge in [0, 0.05) is 17.8 Å². The van der Waals surface area contributed by atoms with Crippen molar-refractivity contribution >= 4 is 11.8 Å². The second-order valence-corrected chi connectivity index (χ2v) is 7.39. The molecule has 1 aliphatic heterocycles. The minimum Gasteiger partial charge on any atom is -0.329 e. The number of thioether (sulfide) groups is 1. The van der Waals surface area contributed by atoms with E-state index in [1.807, 2.05) is 16.4 Å². The Bertz CT molecular complexity index is 403. The van der Waals surface area contributed by atoms with Crippen molar-refractivity contribution in [2.24, 2.45) is 11.7 Å². The van der Waals surface area contributed by atoms with Crippen LogP contribution in [0.2, 0.25) is 0 Å². The van der Waals surface area contributed by atoms with Crippen molar-refractivity contribution in [1.29, 1.82) is 0 Å². The Morgan fingerprint density at radius 2 is 2.10 bits per heavy atom. The van der Waals surface area contributed by atoms with Gasteiger partial charge in [0.2, 0.25) is 0 Å². The van der Waals surface area contributed by atoms with Crippen LogP contribution in [0.25, 0.3) is 0 Å². The lowest BCUT2D eigenvalue weighted by atomic mass is 9.96. The van der Waals surface area contributed by atoms with Crippen molar-refractivity contribution in [3.63, 3.8) is 0 Å². The van der Waals surface area contributed by atoms with Gasteiger partial charge in [-0.15, -0.1) is 0 Å². The highest BCUT2D eigenvalue weighted by Gasteiger charge is 2.32. The maximum Gasteiger partial charge on any atom is 0.141 e. The first-order chi connectivity index (χ1) is 9.58. The van der Waals surface area contributed by atoms with Crippen LogP contribution in [0.15, 0.2) is 6.33 Å². The molecular formula is C14H27N5S. The monoisotopic (exact) mass is 297 g/mol. The Morgan fingerprint density at radius 3 is 2.65 bits per heavy atom. The van der Waals surface area contributed by atoms with Gasteiger partial charge < -0.3 is 5.73 Å². The molecule has 1 fully saturated rings. The van der Waals surface area contributed by atoms with Crippen molar-refractivity contribution < 1.29 is 0 Å². The summed E-state index contributed by atoms with van der Waals surface area (Å²) in [6.45, 7) is 9.26. The van der Waals surface area contributed by atoms with Crippen LogP contribution in [0, 0.1) is 5.92 Å². The number of likely N-dealkylation sites (tertiary alicyclic amines) is 1. The van der Waals surface area contributed by atoms with Crippen LogP contribution in [-0.4, -0.2) is 50.3 Å². The highest BCUT2D eigenvalue weighted by Crippen LogP contribution is 2.33. The molecule has 0 unspecified atom stereocenters. The third kappa shape index (κ3) is 3.74. The summed E-state index contributed by atoms with van der Waals surface area (Å²) < 4.78 is 2.34. The lowest BCUT2D eigenvalue weighted by Crippen LogP contribution is -2.46. The normalized spacial score (nSPS) is 19.6. The molecular weight excluding hydrogens is 270 g/mol. The number of rotatable bonds is 6. The van der Waals surface area contributed by atoms with E-state index in [1.165, 1.54) is 12.8 Å². The van der Waals surface area contributed by atoms with Gasteiger partial charge in [0.1, 0.15) is 12.2 Å². The Kier molecular flexibility index (Phi) is 5.46. The molecule has 0 radical (unpaired) electrons. The van der Waals surface area contributed by atoms with Crippen molar-refractivity contribution in [2.45, 2.75) is 44.5 Å². The zero-order chi connectivity index (χ0) is 14.6. The molecule has 1 aromatic heterocycles. The molecule has 20 heavy (non-hydrogen) atoms. The summed E-state index contributed by atoms with van der Waals surface area (Å²) in [6.07, 6.45) is 6.20. The molecule has 0 saturated carbocycles. The summed E-state index contributed by atoms with van der Waals surface area (Å²) in [5.41, 5.74) is 5.94. The van der Waals surface area contributed by atoms with Gasteiger partial charge in [-0.1, -0.05) is 13.8 Å². The van der Waals surface area contributed by atoms with Gasteiger partial charge >= 0.3 is 0 Å². The fraction of sp³-hybridized carbons (Fsp3) is 0.857. The molecule has 1 aliphatic rings. The van der Waals surface area contributed by atoms with E-state index in [0.717, 1.165) is 38.5 Å². The highest BCUT2D eigenvalue weighted by molar-refractivity contribution is 8.00. The first kappa shape index (κ1) is 15.8. The van der Waals surface area contributed by atoms with Crippen molar-refractivity contribution in [3.8, 4) is 0 Å². The molecule has 5 nitrogen and oxygen atoms in total. The minimum absolute atomic E-state index is 0.294. The molecule has 114 valence electrons. The Hall–Kier alpha value is -0.590. The van der Waals surface area contributed by atoms with Crippen LogP contribution >= 0.6 is 11.8 Å². The van der Waals surface area contributed by atoms with Gasteiger partial charge in [-0.2, -0.15) is 16.9 Å². The van der Waals surface area contributed by atoms with Gasteiger partial charge in [0.15, 0.2) is 0 Å². The average Bonchev–Trinajstić information content (AvgIpc) is 2.86. The summed E-state index contributed by atoms with van der Waals surface area (Å²) in [5.74, 6) is 1.68. The summed E-state index contributed by atoms with van der Waals surface area (Å²) in [4.78, 5) is 6.90. The van der Waals surface area contributed by atoms with Crippen LogP contribution in [0.5, 0.6) is 0 Å². The number of aromatic nitrogens is 3. The summed E-state index contributed by atoms with van der Waals surface area (Å²) in [5, 5.41) is 4.34. The van der Waals surface area contributed by atoms with E-state index in [9.17, 15) is 0 Å². The second kappa shape index (κ2) is 6.91. The third-order valence-corrected chi connectivity index (χ3v) is 5.61. The van der Waals surface area contributed by atoms with Gasteiger partial charge in [0.05, 0.1) is 6.54 Å². The van der Waals surface area contributed by atoms with Crippen molar-refractivity contribution in [1.82, 2.24) is 19.7 Å². The molecule has 0 aliphatic carbocycles. The van der Waals surface area contributed by atoms with Gasteiger partial charge in [0.25, 0.3) is 0 Å². The van der Waals surface area contributed by atoms with E-state index in [4.69, 9.17) is 5.73 Å². The molecule has 0 aromatic carbocycles. The molecule has 1 aromatic rings. The van der Waals surface area contributed by atoms with Crippen LogP contribution < -0.4 is 5.73 Å². The van der Waals surface area contributed by atoms with E-state index in [2.05, 4.69) is 35.1 Å². The number of nitrogens with two attached hydrogens (primary N) is 1. The fourth-order valence-corrected chi connectivity index (χ4v) is 3.48. The van der Waals surface area contributed by atoms with Crippen molar-refractivity contribution in [3.05, 3.63) is 12.2 Å². The lowest BCUT2D eigenvalue weighted by molar-refractivity contribution is 0.187. The Labute approximate surface area is 126 Å². The molecule has 0 amide bonds. The predicted octanol–water partition coefficient (Wildman–Crippen LogP) is 1.59. The number of piperidine rings is 1. The van der Waals surface area contributed by atoms with E-state index >= 15 is 0 Å². The first-order valence-electron chi connectivity index (χ1n) is 7.43. The number of hydrogen-bond acceptors (Lipinski definition) is 5. The first-order valence-corrected chi connectivity index (χ1v) is 8.65. The zero-order valence-electron chi connectivity index (χ0n) is 12.9. The van der Waals surface area contributed by atoms with Gasteiger partial charge in [-0.05, 0) is 38.1 Å². The van der Waals surface area contributed by atoms with Crippen LogP contribution in [0.3, 0.4) is 0 Å². The van der Waals surface area contributed by atoms with Gasteiger partial charge in [-0.25, -0.2) is 9.67 Å². The predicted molar refractivity (Wildman–Crippen MR) is 84.7 cm³/mol. The Morgan fingerprint density at radius 1 is 1.40 bits per heavy atom. The molecule has 6 heteroatoms. The molecule has 1 saturated heterocycles. The largest absolute Gasteiger partial charge is 0.329 e. The van der Waals surface area contributed by atoms with Crippen LogP contribution in [0.1, 0.15) is 32.5 Å². The average molecular weight is 297 g/mol. The quantitative estimate of drug-likeness (QED) is 0.864. The van der Waals surface area contributed by atoms with Crippen LogP contribution in [-0.2, 0) is 13.1 Å². The van der Waals surface area contributed by atoms with E-state index in [-0.39, 0.29) is 0 Å². The lowest BCUT2D eigenvalue weighted by Gasteiger charge is -2.39. The fourth-order valence-electron chi connectivity index (χ4n) is 2.72. The van der Waals surface area contributed by atoms with E-state index in [0.29, 0.717) is 10.7 Å².